The molecule has 0 unspecified atom stereocenters. The van der Waals surface area contributed by atoms with Crippen molar-refractivity contribution in [1.29, 1.82) is 0 Å². The van der Waals surface area contributed by atoms with Gasteiger partial charge in [-0.1, -0.05) is 0 Å². The van der Waals surface area contributed by atoms with E-state index in [4.69, 9.17) is 0 Å². The molecule has 1 aromatic carbocycles. The third-order valence-corrected chi connectivity index (χ3v) is 4.80. The zero-order valence-electron chi connectivity index (χ0n) is 12.0. The van der Waals surface area contributed by atoms with Crippen LogP contribution in [-0.4, -0.2) is 21.9 Å². The molecule has 0 radical (unpaired) electrons. The molecule has 1 fully saturated rings. The second kappa shape index (κ2) is 5.41. The summed E-state index contributed by atoms with van der Waals surface area (Å²) in [5, 5.41) is 29.8. The van der Waals surface area contributed by atoms with Crippen LogP contribution in [0.4, 0.5) is 0 Å². The van der Waals surface area contributed by atoms with Crippen LogP contribution < -0.4 is 0 Å². The number of phenolic OH excluding ortho intramolecular Hbond substituents is 2. The van der Waals surface area contributed by atoms with Crippen molar-refractivity contribution in [2.24, 2.45) is 5.92 Å². The van der Waals surface area contributed by atoms with E-state index in [9.17, 15) is 15.3 Å². The van der Waals surface area contributed by atoms with Crippen LogP contribution in [0.5, 0.6) is 11.5 Å². The van der Waals surface area contributed by atoms with Gasteiger partial charge in [-0.05, 0) is 75.0 Å². The van der Waals surface area contributed by atoms with E-state index in [2.05, 4.69) is 0 Å². The topological polar surface area (TPSA) is 60.7 Å². The Labute approximate surface area is 114 Å². The van der Waals surface area contributed by atoms with Crippen molar-refractivity contribution in [2.45, 2.75) is 52.4 Å². The first-order valence-electron chi connectivity index (χ1n) is 7.09. The zero-order chi connectivity index (χ0) is 14.2. The molecule has 3 nitrogen and oxygen atoms in total. The normalized spacial score (nSPS) is 23.6. The Kier molecular flexibility index (Phi) is 4.04. The number of aliphatic hydroxyl groups excluding tert-OH is 1. The minimum atomic E-state index is 0.260. The molecule has 0 aromatic heterocycles. The van der Waals surface area contributed by atoms with E-state index in [1.54, 1.807) is 0 Å². The summed E-state index contributed by atoms with van der Waals surface area (Å²) in [7, 11) is 0. The monoisotopic (exact) mass is 264 g/mol. The standard InChI is InChI=1S/C16H24O3/c1-9-10(2)16(19)14(11(3)15(9)18)13-6-4-12(8-17)5-7-13/h12-13,17-19H,4-8H2,1-3H3. The van der Waals surface area contributed by atoms with Crippen molar-refractivity contribution in [3.63, 3.8) is 0 Å². The fourth-order valence-electron chi connectivity index (χ4n) is 3.28. The fraction of sp³-hybridized carbons (Fsp3) is 0.625. The zero-order valence-corrected chi connectivity index (χ0v) is 12.0. The third-order valence-electron chi connectivity index (χ3n) is 4.80. The van der Waals surface area contributed by atoms with Gasteiger partial charge in [0.1, 0.15) is 11.5 Å². The minimum Gasteiger partial charge on any atom is -0.507 e. The Morgan fingerprint density at radius 2 is 1.37 bits per heavy atom. The Balaban J connectivity index is 2.36. The van der Waals surface area contributed by atoms with Crippen molar-refractivity contribution < 1.29 is 15.3 Å². The predicted molar refractivity (Wildman–Crippen MR) is 75.8 cm³/mol. The largest absolute Gasteiger partial charge is 0.507 e. The molecular weight excluding hydrogens is 240 g/mol. The molecule has 0 aliphatic heterocycles. The number of hydrogen-bond acceptors (Lipinski definition) is 3. The van der Waals surface area contributed by atoms with Gasteiger partial charge < -0.3 is 15.3 Å². The molecule has 1 aliphatic carbocycles. The van der Waals surface area contributed by atoms with Gasteiger partial charge in [-0.25, -0.2) is 0 Å². The molecule has 1 aromatic rings. The second-order valence-corrected chi connectivity index (χ2v) is 5.89. The molecule has 1 saturated carbocycles. The molecule has 2 rings (SSSR count). The van der Waals surface area contributed by atoms with E-state index in [0.29, 0.717) is 23.3 Å². The first kappa shape index (κ1) is 14.2. The lowest BCUT2D eigenvalue weighted by atomic mass is 9.76. The average molecular weight is 264 g/mol. The third kappa shape index (κ3) is 2.44. The summed E-state index contributed by atoms with van der Waals surface area (Å²) in [5.74, 6) is 1.36. The maximum atomic E-state index is 10.4. The average Bonchev–Trinajstić information content (AvgIpc) is 2.44. The molecule has 0 amide bonds. The second-order valence-electron chi connectivity index (χ2n) is 5.89. The van der Waals surface area contributed by atoms with Gasteiger partial charge in [0.25, 0.3) is 0 Å². The molecule has 3 heteroatoms. The lowest BCUT2D eigenvalue weighted by Gasteiger charge is -2.30. The van der Waals surface area contributed by atoms with Crippen LogP contribution in [0.15, 0.2) is 0 Å². The van der Waals surface area contributed by atoms with Crippen molar-refractivity contribution >= 4 is 0 Å². The highest BCUT2D eigenvalue weighted by Crippen LogP contribution is 2.45. The van der Waals surface area contributed by atoms with Gasteiger partial charge in [0.15, 0.2) is 0 Å². The number of phenols is 2. The van der Waals surface area contributed by atoms with Gasteiger partial charge >= 0.3 is 0 Å². The molecule has 106 valence electrons. The first-order chi connectivity index (χ1) is 8.97. The Morgan fingerprint density at radius 3 is 1.89 bits per heavy atom. The van der Waals surface area contributed by atoms with E-state index in [1.807, 2.05) is 20.8 Å². The van der Waals surface area contributed by atoms with Crippen LogP contribution in [0.25, 0.3) is 0 Å². The molecule has 19 heavy (non-hydrogen) atoms. The van der Waals surface area contributed by atoms with E-state index >= 15 is 0 Å². The maximum absolute atomic E-state index is 10.4. The van der Waals surface area contributed by atoms with Gasteiger partial charge in [-0.2, -0.15) is 0 Å². The van der Waals surface area contributed by atoms with E-state index in [1.165, 1.54) is 0 Å². The van der Waals surface area contributed by atoms with Gasteiger partial charge in [0.2, 0.25) is 0 Å². The minimum absolute atomic E-state index is 0.260. The molecule has 0 heterocycles. The Bertz CT molecular complexity index is 442. The molecule has 0 bridgehead atoms. The molecule has 3 N–H and O–H groups in total. The van der Waals surface area contributed by atoms with Crippen LogP contribution in [0.2, 0.25) is 0 Å². The van der Waals surface area contributed by atoms with Gasteiger partial charge in [-0.3, -0.25) is 0 Å². The van der Waals surface area contributed by atoms with Crippen molar-refractivity contribution in [3.8, 4) is 11.5 Å². The highest BCUT2D eigenvalue weighted by Gasteiger charge is 2.27. The van der Waals surface area contributed by atoms with Crippen molar-refractivity contribution in [1.82, 2.24) is 0 Å². The number of benzene rings is 1. The lowest BCUT2D eigenvalue weighted by Crippen LogP contribution is -2.17. The number of aliphatic hydroxyl groups is 1. The van der Waals surface area contributed by atoms with Crippen LogP contribution in [0.1, 0.15) is 53.9 Å². The van der Waals surface area contributed by atoms with Crippen LogP contribution in [0, 0.1) is 26.7 Å². The summed E-state index contributed by atoms with van der Waals surface area (Å²) in [4.78, 5) is 0. The van der Waals surface area contributed by atoms with E-state index in [0.717, 1.165) is 47.9 Å². The molecular formula is C16H24O3. The highest BCUT2D eigenvalue weighted by molar-refractivity contribution is 5.58. The summed E-state index contributed by atoms with van der Waals surface area (Å²) in [6.45, 7) is 5.83. The molecule has 1 aliphatic rings. The highest BCUT2D eigenvalue weighted by atomic mass is 16.3. The molecule has 0 spiro atoms. The van der Waals surface area contributed by atoms with Crippen LogP contribution in [-0.2, 0) is 0 Å². The van der Waals surface area contributed by atoms with Crippen LogP contribution >= 0.6 is 0 Å². The summed E-state index contributed by atoms with van der Waals surface area (Å²) in [6, 6.07) is 0. The summed E-state index contributed by atoms with van der Waals surface area (Å²) >= 11 is 0. The maximum Gasteiger partial charge on any atom is 0.122 e. The van der Waals surface area contributed by atoms with Gasteiger partial charge in [-0.15, -0.1) is 0 Å². The van der Waals surface area contributed by atoms with E-state index < -0.39 is 0 Å². The fourth-order valence-corrected chi connectivity index (χ4v) is 3.28. The SMILES string of the molecule is Cc1c(C)c(O)c(C2CCC(CO)CC2)c(C)c1O. The van der Waals surface area contributed by atoms with Crippen molar-refractivity contribution in [3.05, 3.63) is 22.3 Å². The number of aromatic hydroxyl groups is 2. The lowest BCUT2D eigenvalue weighted by molar-refractivity contribution is 0.181. The van der Waals surface area contributed by atoms with Gasteiger partial charge in [0.05, 0.1) is 0 Å². The summed E-state index contributed by atoms with van der Waals surface area (Å²) in [5.41, 5.74) is 3.27. The molecule has 0 atom stereocenters. The number of rotatable bonds is 2. The molecule has 0 saturated heterocycles. The quantitative estimate of drug-likeness (QED) is 0.718. The first-order valence-corrected chi connectivity index (χ1v) is 7.09. The van der Waals surface area contributed by atoms with Gasteiger partial charge in [0, 0.05) is 12.2 Å². The van der Waals surface area contributed by atoms with E-state index in [-0.39, 0.29) is 6.61 Å². The Hall–Kier alpha value is -1.22. The van der Waals surface area contributed by atoms with Crippen molar-refractivity contribution in [2.75, 3.05) is 6.61 Å². The smallest absolute Gasteiger partial charge is 0.122 e. The van der Waals surface area contributed by atoms with Crippen LogP contribution in [0.3, 0.4) is 0 Å². The number of hydrogen-bond donors (Lipinski definition) is 3. The summed E-state index contributed by atoms with van der Waals surface area (Å²) in [6.07, 6.45) is 3.94. The Morgan fingerprint density at radius 1 is 0.842 bits per heavy atom. The summed E-state index contributed by atoms with van der Waals surface area (Å²) < 4.78 is 0. The predicted octanol–water partition coefficient (Wildman–Crippen LogP) is 3.29.